The molecule has 2 heterocycles. The predicted molar refractivity (Wildman–Crippen MR) is 119 cm³/mol. The molecule has 0 aliphatic carbocycles. The number of nitrogens with zero attached hydrogens (tertiary/aromatic N) is 1. The average molecular weight is 521 g/mol. The van der Waals surface area contributed by atoms with E-state index >= 15 is 0 Å². The van der Waals surface area contributed by atoms with Gasteiger partial charge in [-0.2, -0.15) is 0 Å². The number of β-amino-alcohol motifs (C(OH)–C–C–N with tert-alkyl or cyclic N) is 1. The van der Waals surface area contributed by atoms with E-state index < -0.39 is 78.8 Å². The number of carboxylic acid groups (broad SMARTS) is 1. The number of amides is 2. The third kappa shape index (κ3) is 7.57. The Morgan fingerprint density at radius 1 is 1.08 bits per heavy atom. The molecule has 0 spiro atoms. The van der Waals surface area contributed by atoms with Crippen molar-refractivity contribution in [2.24, 2.45) is 0 Å². The number of aliphatic hydroxyl groups excluding tert-OH is 4. The molecule has 36 heavy (non-hydrogen) atoms. The number of hydrogen-bond acceptors (Lipinski definition) is 11. The molecule has 0 aromatic heterocycles. The van der Waals surface area contributed by atoms with Crippen LogP contribution in [0.5, 0.6) is 0 Å². The van der Waals surface area contributed by atoms with Gasteiger partial charge in [-0.25, -0.2) is 4.79 Å². The number of likely N-dealkylation sites (tertiary alicyclic amines) is 1. The van der Waals surface area contributed by atoms with Gasteiger partial charge in [-0.3, -0.25) is 14.4 Å². The Kier molecular flexibility index (Phi) is 11.0. The Labute approximate surface area is 208 Å². The smallest absolute Gasteiger partial charge is 0.331 e. The zero-order valence-electron chi connectivity index (χ0n) is 20.5. The zero-order chi connectivity index (χ0) is 27.2. The normalized spacial score (nSPS) is 32.0. The standard InChI is InChI=1S/C22H36N2O12/c1-4-34-21(33)16(10(2)35-22-19(31)18(30)17(29)11(3)36-22)23-20(32)13-8-12(25)9-24(13)14(26)6-5-7-15(27)28/h10-13,16-19,22,25,29-31H,4-9H2,1-3H3,(H,23,32)(H,27,28)/t10-,11?,12-,13+,16?,17?,18?,19?,22?/m1/s1. The van der Waals surface area contributed by atoms with Gasteiger partial charge in [0.05, 0.1) is 24.9 Å². The van der Waals surface area contributed by atoms with E-state index in [1.165, 1.54) is 13.8 Å². The molecule has 0 aromatic rings. The van der Waals surface area contributed by atoms with Crippen LogP contribution in [0.4, 0.5) is 0 Å². The molecule has 6 unspecified atom stereocenters. The van der Waals surface area contributed by atoms with E-state index in [9.17, 15) is 39.6 Å². The molecule has 206 valence electrons. The maximum atomic E-state index is 13.1. The number of ether oxygens (including phenoxy) is 3. The molecule has 0 bridgehead atoms. The molecule has 0 aromatic carbocycles. The quantitative estimate of drug-likeness (QED) is 0.156. The Morgan fingerprint density at radius 3 is 2.36 bits per heavy atom. The van der Waals surface area contributed by atoms with Crippen LogP contribution in [-0.2, 0) is 33.4 Å². The second-order valence-corrected chi connectivity index (χ2v) is 8.96. The van der Waals surface area contributed by atoms with Crippen LogP contribution in [0.2, 0.25) is 0 Å². The van der Waals surface area contributed by atoms with Crippen LogP contribution in [0.1, 0.15) is 46.5 Å². The summed E-state index contributed by atoms with van der Waals surface area (Å²) in [5.41, 5.74) is 0. The molecule has 2 fully saturated rings. The van der Waals surface area contributed by atoms with Gasteiger partial charge >= 0.3 is 11.9 Å². The third-order valence-corrected chi connectivity index (χ3v) is 6.15. The highest BCUT2D eigenvalue weighted by molar-refractivity contribution is 5.91. The molecule has 2 aliphatic heterocycles. The van der Waals surface area contributed by atoms with Crippen molar-refractivity contribution in [3.63, 3.8) is 0 Å². The van der Waals surface area contributed by atoms with Crippen LogP contribution < -0.4 is 5.32 Å². The summed E-state index contributed by atoms with van der Waals surface area (Å²) >= 11 is 0. The van der Waals surface area contributed by atoms with Crippen molar-refractivity contribution in [3.05, 3.63) is 0 Å². The molecule has 2 saturated heterocycles. The van der Waals surface area contributed by atoms with Gasteiger partial charge in [0.15, 0.2) is 12.3 Å². The number of aliphatic hydroxyl groups is 4. The number of carbonyl (C=O) groups excluding carboxylic acids is 3. The number of hydrogen-bond donors (Lipinski definition) is 6. The van der Waals surface area contributed by atoms with E-state index in [1.807, 2.05) is 0 Å². The highest BCUT2D eigenvalue weighted by Crippen LogP contribution is 2.24. The van der Waals surface area contributed by atoms with Crippen LogP contribution in [0, 0.1) is 0 Å². The van der Waals surface area contributed by atoms with Gasteiger partial charge in [0, 0.05) is 25.8 Å². The lowest BCUT2D eigenvalue weighted by atomic mass is 10.00. The second-order valence-electron chi connectivity index (χ2n) is 8.96. The van der Waals surface area contributed by atoms with Crippen molar-refractivity contribution < 1.29 is 58.9 Å². The first-order valence-electron chi connectivity index (χ1n) is 11.9. The highest BCUT2D eigenvalue weighted by atomic mass is 16.7. The van der Waals surface area contributed by atoms with Gasteiger partial charge in [0.25, 0.3) is 0 Å². The molecule has 2 rings (SSSR count). The first kappa shape index (κ1) is 29.9. The van der Waals surface area contributed by atoms with Gasteiger partial charge < -0.3 is 50.0 Å². The Bertz CT molecular complexity index is 795. The fraction of sp³-hybridized carbons (Fsp3) is 0.818. The lowest BCUT2D eigenvalue weighted by molar-refractivity contribution is -0.304. The lowest BCUT2D eigenvalue weighted by Crippen LogP contribution is -2.60. The summed E-state index contributed by atoms with van der Waals surface area (Å²) in [6.07, 6.45) is -9.40. The number of esters is 1. The van der Waals surface area contributed by atoms with Crippen molar-refractivity contribution in [1.29, 1.82) is 0 Å². The minimum atomic E-state index is -1.64. The third-order valence-electron chi connectivity index (χ3n) is 6.15. The SMILES string of the molecule is CCOC(=O)C(NC(=O)[C@@H]1C[C@@H](O)CN1C(=O)CCCC(=O)O)[C@@H](C)OC1OC(C)C(O)C(O)C1O. The van der Waals surface area contributed by atoms with Crippen LogP contribution in [0.25, 0.3) is 0 Å². The topological polar surface area (TPSA) is 212 Å². The fourth-order valence-electron chi connectivity index (χ4n) is 4.14. The molecular weight excluding hydrogens is 484 g/mol. The molecule has 2 aliphatic rings. The minimum absolute atomic E-state index is 0.0151. The van der Waals surface area contributed by atoms with E-state index in [0.717, 1.165) is 4.90 Å². The molecule has 9 atom stereocenters. The summed E-state index contributed by atoms with van der Waals surface area (Å²) in [5, 5.41) is 51.4. The number of aliphatic carboxylic acids is 1. The predicted octanol–water partition coefficient (Wildman–Crippen LogP) is -2.52. The fourth-order valence-corrected chi connectivity index (χ4v) is 4.14. The molecule has 2 amide bonds. The van der Waals surface area contributed by atoms with E-state index in [0.29, 0.717) is 0 Å². The summed E-state index contributed by atoms with van der Waals surface area (Å²) in [7, 11) is 0. The summed E-state index contributed by atoms with van der Waals surface area (Å²) in [6, 6.07) is -2.52. The monoisotopic (exact) mass is 520 g/mol. The van der Waals surface area contributed by atoms with Gasteiger partial charge in [0.2, 0.25) is 11.8 Å². The summed E-state index contributed by atoms with van der Waals surface area (Å²) < 4.78 is 16.0. The van der Waals surface area contributed by atoms with E-state index in [2.05, 4.69) is 5.32 Å². The largest absolute Gasteiger partial charge is 0.481 e. The second kappa shape index (κ2) is 13.3. The number of rotatable bonds is 11. The van der Waals surface area contributed by atoms with E-state index in [1.54, 1.807) is 6.92 Å². The van der Waals surface area contributed by atoms with Gasteiger partial charge in [-0.05, 0) is 27.2 Å². The molecule has 14 nitrogen and oxygen atoms in total. The average Bonchev–Trinajstić information content (AvgIpc) is 3.21. The van der Waals surface area contributed by atoms with Crippen molar-refractivity contribution in [2.75, 3.05) is 13.2 Å². The Hall–Kier alpha value is -2.36. The first-order valence-corrected chi connectivity index (χ1v) is 11.9. The van der Waals surface area contributed by atoms with E-state index in [-0.39, 0.29) is 38.8 Å². The lowest BCUT2D eigenvalue weighted by Gasteiger charge is -2.40. The van der Waals surface area contributed by atoms with Gasteiger partial charge in [-0.1, -0.05) is 0 Å². The summed E-state index contributed by atoms with van der Waals surface area (Å²) in [4.78, 5) is 50.1. The number of nitrogens with one attached hydrogen (secondary N) is 1. The van der Waals surface area contributed by atoms with Crippen LogP contribution in [-0.4, -0.2) is 122 Å². The minimum Gasteiger partial charge on any atom is -0.481 e. The van der Waals surface area contributed by atoms with Crippen LogP contribution in [0.15, 0.2) is 0 Å². The van der Waals surface area contributed by atoms with Gasteiger partial charge in [-0.15, -0.1) is 0 Å². The van der Waals surface area contributed by atoms with Crippen LogP contribution >= 0.6 is 0 Å². The van der Waals surface area contributed by atoms with E-state index in [4.69, 9.17) is 19.3 Å². The van der Waals surface area contributed by atoms with Crippen molar-refractivity contribution in [3.8, 4) is 0 Å². The Balaban J connectivity index is 2.12. The maximum absolute atomic E-state index is 13.1. The van der Waals surface area contributed by atoms with Crippen LogP contribution in [0.3, 0.4) is 0 Å². The van der Waals surface area contributed by atoms with Crippen molar-refractivity contribution in [2.45, 2.75) is 101 Å². The molecule has 6 N–H and O–H groups in total. The van der Waals surface area contributed by atoms with Crippen molar-refractivity contribution >= 4 is 23.8 Å². The molecular formula is C22H36N2O12. The molecule has 14 heteroatoms. The van der Waals surface area contributed by atoms with Crippen molar-refractivity contribution in [1.82, 2.24) is 10.2 Å². The summed E-state index contributed by atoms with van der Waals surface area (Å²) in [6.45, 7) is 4.27. The maximum Gasteiger partial charge on any atom is 0.331 e. The summed E-state index contributed by atoms with van der Waals surface area (Å²) in [5.74, 6) is -3.20. The molecule has 0 radical (unpaired) electrons. The Morgan fingerprint density at radius 2 is 1.75 bits per heavy atom. The van der Waals surface area contributed by atoms with Gasteiger partial charge in [0.1, 0.15) is 24.4 Å². The number of carboxylic acids is 1. The first-order chi connectivity index (χ1) is 16.9. The zero-order valence-corrected chi connectivity index (χ0v) is 20.5. The highest BCUT2D eigenvalue weighted by Gasteiger charge is 2.45. The molecule has 0 saturated carbocycles. The number of carbonyl (C=O) groups is 4.